The number of aryl methyl sites for hydroxylation is 4. The molecule has 4 aromatic heterocycles. The van der Waals surface area contributed by atoms with Crippen LogP contribution in [0.15, 0.2) is 200 Å². The van der Waals surface area contributed by atoms with Crippen LogP contribution in [0.4, 0.5) is 0 Å². The van der Waals surface area contributed by atoms with E-state index in [-0.39, 0.29) is 0 Å². The first-order valence-electron chi connectivity index (χ1n) is 23.1. The summed E-state index contributed by atoms with van der Waals surface area (Å²) in [7, 11) is 0. The highest BCUT2D eigenvalue weighted by Crippen LogP contribution is 2.45. The van der Waals surface area contributed by atoms with Crippen molar-refractivity contribution in [2.24, 2.45) is 0 Å². The third-order valence-electron chi connectivity index (χ3n) is 13.6. The van der Waals surface area contributed by atoms with Gasteiger partial charge in [0.15, 0.2) is 5.82 Å². The lowest BCUT2D eigenvalue weighted by Crippen LogP contribution is -2.04. The summed E-state index contributed by atoms with van der Waals surface area (Å²) < 4.78 is 7.33. The number of para-hydroxylation sites is 4. The molecule has 318 valence electrons. The third-order valence-corrected chi connectivity index (χ3v) is 13.6. The van der Waals surface area contributed by atoms with E-state index in [0.29, 0.717) is 5.82 Å². The molecule has 9 aromatic carbocycles. The molecule has 0 aliphatic heterocycles. The molecule has 0 radical (unpaired) electrons. The number of hydrogen-bond acceptors (Lipinski definition) is 2. The molecule has 67 heavy (non-hydrogen) atoms. The Labute approximate surface area is 388 Å². The second kappa shape index (κ2) is 15.0. The summed E-state index contributed by atoms with van der Waals surface area (Å²) in [5.74, 6) is 0.706. The maximum atomic E-state index is 5.11. The van der Waals surface area contributed by atoms with Gasteiger partial charge in [0.05, 0.1) is 38.8 Å². The molecule has 13 rings (SSSR count). The molecule has 13 aromatic rings. The molecule has 4 heterocycles. The van der Waals surface area contributed by atoms with Crippen LogP contribution in [0.2, 0.25) is 0 Å². The maximum absolute atomic E-state index is 5.11. The van der Waals surface area contributed by atoms with E-state index in [1.807, 2.05) is 6.07 Å². The van der Waals surface area contributed by atoms with Gasteiger partial charge in [0.2, 0.25) is 0 Å². The average molecular weight is 860 g/mol. The van der Waals surface area contributed by atoms with Crippen molar-refractivity contribution in [1.29, 1.82) is 0 Å². The lowest BCUT2D eigenvalue weighted by molar-refractivity contribution is 1.06. The zero-order valence-corrected chi connectivity index (χ0v) is 37.8. The molecule has 0 fully saturated rings. The van der Waals surface area contributed by atoms with Crippen LogP contribution in [0.25, 0.3) is 116 Å². The topological polar surface area (TPSA) is 40.6 Å². The van der Waals surface area contributed by atoms with Crippen LogP contribution in [0, 0.1) is 27.7 Å². The van der Waals surface area contributed by atoms with Crippen molar-refractivity contribution in [3.63, 3.8) is 0 Å². The Hall–Kier alpha value is -8.54. The van der Waals surface area contributed by atoms with E-state index in [1.165, 1.54) is 65.5 Å². The fraction of sp³-hybridized carbons (Fsp3) is 0.0645. The molecule has 0 amide bonds. The van der Waals surface area contributed by atoms with Crippen LogP contribution in [0.1, 0.15) is 22.5 Å². The van der Waals surface area contributed by atoms with Crippen LogP contribution in [-0.4, -0.2) is 23.7 Å². The quantitative estimate of drug-likeness (QED) is 0.167. The summed E-state index contributed by atoms with van der Waals surface area (Å²) in [6.07, 6.45) is 0. The number of hydrogen-bond donors (Lipinski definition) is 0. The van der Waals surface area contributed by atoms with Crippen molar-refractivity contribution in [1.82, 2.24) is 23.7 Å². The summed E-state index contributed by atoms with van der Waals surface area (Å²) in [6, 6.07) is 73.6. The second-order valence-corrected chi connectivity index (χ2v) is 18.1. The molecule has 0 N–H and O–H groups in total. The van der Waals surface area contributed by atoms with E-state index >= 15 is 0 Å². The monoisotopic (exact) mass is 859 g/mol. The van der Waals surface area contributed by atoms with Crippen molar-refractivity contribution >= 4 is 65.4 Å². The van der Waals surface area contributed by atoms with Crippen molar-refractivity contribution < 1.29 is 0 Å². The minimum Gasteiger partial charge on any atom is -0.309 e. The normalized spacial score (nSPS) is 11.9. The van der Waals surface area contributed by atoms with Gasteiger partial charge >= 0.3 is 0 Å². The summed E-state index contributed by atoms with van der Waals surface area (Å²) >= 11 is 0. The Balaban J connectivity index is 1.17. The maximum Gasteiger partial charge on any atom is 0.159 e. The van der Waals surface area contributed by atoms with E-state index in [2.05, 4.69) is 236 Å². The van der Waals surface area contributed by atoms with Gasteiger partial charge < -0.3 is 13.7 Å². The average Bonchev–Trinajstić information content (AvgIpc) is 3.98. The van der Waals surface area contributed by atoms with Crippen LogP contribution >= 0.6 is 0 Å². The van der Waals surface area contributed by atoms with Gasteiger partial charge in [-0.1, -0.05) is 120 Å². The fourth-order valence-electron chi connectivity index (χ4n) is 10.8. The number of aromatic nitrogens is 5. The zero-order chi connectivity index (χ0) is 44.9. The molecule has 0 saturated carbocycles. The van der Waals surface area contributed by atoms with Crippen LogP contribution < -0.4 is 0 Å². The molecular formula is C62H45N5. The smallest absolute Gasteiger partial charge is 0.159 e. The van der Waals surface area contributed by atoms with Gasteiger partial charge in [-0.15, -0.1) is 0 Å². The van der Waals surface area contributed by atoms with Gasteiger partial charge in [-0.25, -0.2) is 9.97 Å². The molecule has 0 aliphatic carbocycles. The molecular weight excluding hydrogens is 815 g/mol. The highest BCUT2D eigenvalue weighted by molar-refractivity contribution is 6.13. The number of benzene rings is 9. The Morgan fingerprint density at radius 2 is 0.687 bits per heavy atom. The first kappa shape index (κ1) is 38.9. The standard InChI is InChI=1S/C62H45N5/c1-38-27-29-59-53(31-38)54-32-39(2)28-30-60(54)67(59)61-51(42-15-13-17-45(34-42)65-55-23-9-5-19-47(55)48-20-6-10-24-56(48)65)36-44(62-63-40(3)33-41(4)64-62)37-52(61)43-16-14-18-46(35-43)66-57-25-11-7-21-49(57)50-22-8-12-26-58(50)66/h5-37H,1-4H3. The fourth-order valence-corrected chi connectivity index (χ4v) is 10.8. The highest BCUT2D eigenvalue weighted by Gasteiger charge is 2.24. The molecule has 0 unspecified atom stereocenters. The summed E-state index contributed by atoms with van der Waals surface area (Å²) in [5.41, 5.74) is 19.9. The van der Waals surface area contributed by atoms with Crippen LogP contribution in [-0.2, 0) is 0 Å². The van der Waals surface area contributed by atoms with Gasteiger partial charge in [-0.2, -0.15) is 0 Å². The van der Waals surface area contributed by atoms with Crippen molar-refractivity contribution in [3.8, 4) is 50.7 Å². The minimum atomic E-state index is 0.706. The van der Waals surface area contributed by atoms with Gasteiger partial charge in [-0.3, -0.25) is 0 Å². The Bertz CT molecular complexity index is 3800. The Morgan fingerprint density at radius 3 is 1.10 bits per heavy atom. The molecule has 0 atom stereocenters. The van der Waals surface area contributed by atoms with E-state index in [4.69, 9.17) is 9.97 Å². The van der Waals surface area contributed by atoms with Gasteiger partial charge in [0, 0.05) is 71.8 Å². The summed E-state index contributed by atoms with van der Waals surface area (Å²) in [4.78, 5) is 10.2. The van der Waals surface area contributed by atoms with Gasteiger partial charge in [0.1, 0.15) is 0 Å². The predicted octanol–water partition coefficient (Wildman–Crippen LogP) is 16.0. The minimum absolute atomic E-state index is 0.706. The molecule has 5 nitrogen and oxygen atoms in total. The highest BCUT2D eigenvalue weighted by atomic mass is 15.0. The van der Waals surface area contributed by atoms with Gasteiger partial charge in [0.25, 0.3) is 0 Å². The second-order valence-electron chi connectivity index (χ2n) is 18.1. The molecule has 0 saturated heterocycles. The third kappa shape index (κ3) is 6.15. The SMILES string of the molecule is Cc1ccc2c(c1)c1cc(C)ccc1n2-c1c(-c2cccc(-n3c4ccccc4c4ccccc43)c2)cc(-c2nc(C)cc(C)n2)cc1-c1cccc(-n2c3ccccc3c3ccccc32)c1. The number of fused-ring (bicyclic) bond motifs is 9. The molecule has 0 bridgehead atoms. The lowest BCUT2D eigenvalue weighted by Gasteiger charge is -2.22. The van der Waals surface area contributed by atoms with E-state index in [1.54, 1.807) is 0 Å². The van der Waals surface area contributed by atoms with E-state index in [0.717, 1.165) is 67.3 Å². The predicted molar refractivity (Wildman–Crippen MR) is 280 cm³/mol. The van der Waals surface area contributed by atoms with Crippen molar-refractivity contribution in [2.75, 3.05) is 0 Å². The largest absolute Gasteiger partial charge is 0.309 e. The zero-order valence-electron chi connectivity index (χ0n) is 37.8. The lowest BCUT2D eigenvalue weighted by atomic mass is 9.92. The summed E-state index contributed by atoms with van der Waals surface area (Å²) in [5, 5.41) is 7.41. The van der Waals surface area contributed by atoms with E-state index in [9.17, 15) is 0 Å². The summed E-state index contributed by atoms with van der Waals surface area (Å²) in [6.45, 7) is 8.49. The first-order valence-corrected chi connectivity index (χ1v) is 23.1. The molecule has 5 heteroatoms. The van der Waals surface area contributed by atoms with Crippen molar-refractivity contribution in [2.45, 2.75) is 27.7 Å². The first-order chi connectivity index (χ1) is 32.9. The van der Waals surface area contributed by atoms with Crippen LogP contribution in [0.3, 0.4) is 0 Å². The number of nitrogens with zero attached hydrogens (tertiary/aromatic N) is 5. The molecule has 0 aliphatic rings. The van der Waals surface area contributed by atoms with Crippen LogP contribution in [0.5, 0.6) is 0 Å². The molecule has 0 spiro atoms. The van der Waals surface area contributed by atoms with Gasteiger partial charge in [-0.05, 0) is 130 Å². The Kier molecular flexibility index (Phi) is 8.71. The Morgan fingerprint density at radius 1 is 0.299 bits per heavy atom. The van der Waals surface area contributed by atoms with E-state index < -0.39 is 0 Å². The number of rotatable bonds is 6. The van der Waals surface area contributed by atoms with Crippen molar-refractivity contribution in [3.05, 3.63) is 223 Å².